The van der Waals surface area contributed by atoms with Gasteiger partial charge in [-0.3, -0.25) is 4.79 Å². The number of aliphatic hydroxyl groups is 3. The molecule has 0 fully saturated rings. The van der Waals surface area contributed by atoms with E-state index in [1.165, 1.54) is 70.6 Å². The Kier molecular flexibility index (Phi) is 23.6. The minimum atomic E-state index is -1.15. The molecule has 3 atom stereocenters. The average molecular weight is 470 g/mol. The second-order valence-electron chi connectivity index (χ2n) is 9.60. The first-order chi connectivity index (χ1) is 16.1. The van der Waals surface area contributed by atoms with Gasteiger partial charge in [-0.1, -0.05) is 103 Å². The highest BCUT2D eigenvalue weighted by atomic mass is 16.3. The van der Waals surface area contributed by atoms with Gasteiger partial charge in [-0.15, -0.1) is 0 Å². The lowest BCUT2D eigenvalue weighted by atomic mass is 10.0. The minimum absolute atomic E-state index is 0.161. The zero-order valence-corrected chi connectivity index (χ0v) is 21.8. The van der Waals surface area contributed by atoms with Crippen LogP contribution in [0.2, 0.25) is 0 Å². The summed E-state index contributed by atoms with van der Waals surface area (Å²) < 4.78 is 0. The van der Waals surface area contributed by atoms with E-state index in [4.69, 9.17) is 0 Å². The van der Waals surface area contributed by atoms with Crippen LogP contribution in [0, 0.1) is 0 Å². The van der Waals surface area contributed by atoms with Crippen LogP contribution in [-0.2, 0) is 4.79 Å². The highest BCUT2D eigenvalue weighted by Crippen LogP contribution is 2.13. The summed E-state index contributed by atoms with van der Waals surface area (Å²) in [5, 5.41) is 32.9. The molecule has 3 unspecified atom stereocenters. The van der Waals surface area contributed by atoms with Crippen LogP contribution in [0.15, 0.2) is 12.2 Å². The second-order valence-corrected chi connectivity index (χ2v) is 9.60. The number of aliphatic hydroxyl groups excluding tert-OH is 3. The van der Waals surface area contributed by atoms with Crippen molar-refractivity contribution in [1.29, 1.82) is 0 Å². The van der Waals surface area contributed by atoms with Gasteiger partial charge in [0, 0.05) is 6.42 Å². The van der Waals surface area contributed by atoms with Gasteiger partial charge in [-0.25, -0.2) is 0 Å². The Morgan fingerprint density at radius 1 is 0.727 bits per heavy atom. The maximum Gasteiger partial charge on any atom is 0.220 e. The maximum atomic E-state index is 12.2. The molecule has 0 aromatic heterocycles. The number of hydrogen-bond acceptors (Lipinski definition) is 4. The monoisotopic (exact) mass is 469 g/mol. The summed E-state index contributed by atoms with van der Waals surface area (Å²) in [6, 6.07) is -0.815. The van der Waals surface area contributed by atoms with E-state index in [-0.39, 0.29) is 12.5 Å². The SMILES string of the molecule is CCCCC/C=C/CCCC(O)C(O)C(CO)NC(=O)CCCCCCCCCCCCC. The number of hydrogen-bond donors (Lipinski definition) is 4. The fraction of sp³-hybridized carbons (Fsp3) is 0.893. The first-order valence-electron chi connectivity index (χ1n) is 14.0. The Balaban J connectivity index is 3.83. The van der Waals surface area contributed by atoms with E-state index in [1.54, 1.807) is 0 Å². The van der Waals surface area contributed by atoms with Gasteiger partial charge < -0.3 is 20.6 Å². The third kappa shape index (κ3) is 20.2. The van der Waals surface area contributed by atoms with Crippen molar-refractivity contribution >= 4 is 5.91 Å². The molecule has 0 aromatic rings. The van der Waals surface area contributed by atoms with E-state index in [0.29, 0.717) is 12.8 Å². The van der Waals surface area contributed by atoms with Crippen molar-refractivity contribution in [2.24, 2.45) is 0 Å². The number of unbranched alkanes of at least 4 members (excludes halogenated alkanes) is 14. The number of allylic oxidation sites excluding steroid dienone is 2. The van der Waals surface area contributed by atoms with E-state index in [0.717, 1.165) is 38.5 Å². The average Bonchev–Trinajstić information content (AvgIpc) is 2.82. The van der Waals surface area contributed by atoms with Crippen LogP contribution in [0.3, 0.4) is 0 Å². The molecule has 5 nitrogen and oxygen atoms in total. The molecule has 0 aliphatic carbocycles. The third-order valence-corrected chi connectivity index (χ3v) is 6.37. The van der Waals surface area contributed by atoms with Crippen molar-refractivity contribution in [1.82, 2.24) is 5.32 Å². The van der Waals surface area contributed by atoms with Gasteiger partial charge in [-0.05, 0) is 38.5 Å². The molecule has 0 spiro atoms. The Hall–Kier alpha value is -0.910. The lowest BCUT2D eigenvalue weighted by Crippen LogP contribution is -2.50. The Morgan fingerprint density at radius 3 is 1.76 bits per heavy atom. The van der Waals surface area contributed by atoms with Crippen LogP contribution in [0.25, 0.3) is 0 Å². The van der Waals surface area contributed by atoms with Gasteiger partial charge in [0.1, 0.15) is 6.10 Å². The molecule has 0 saturated carbocycles. The number of carbonyl (C=O) groups is 1. The fourth-order valence-corrected chi connectivity index (χ4v) is 4.10. The largest absolute Gasteiger partial charge is 0.394 e. The molecule has 1 amide bonds. The van der Waals surface area contributed by atoms with Gasteiger partial charge in [0.05, 0.1) is 18.8 Å². The molecule has 4 N–H and O–H groups in total. The lowest BCUT2D eigenvalue weighted by molar-refractivity contribution is -0.124. The lowest BCUT2D eigenvalue weighted by Gasteiger charge is -2.26. The second kappa shape index (κ2) is 24.2. The molecule has 0 bridgehead atoms. The normalized spacial score (nSPS) is 14.5. The minimum Gasteiger partial charge on any atom is -0.394 e. The number of carbonyl (C=O) groups excluding carboxylic acids is 1. The van der Waals surface area contributed by atoms with E-state index in [1.807, 2.05) is 0 Å². The highest BCUT2D eigenvalue weighted by molar-refractivity contribution is 5.76. The van der Waals surface area contributed by atoms with Crippen molar-refractivity contribution in [3.63, 3.8) is 0 Å². The van der Waals surface area contributed by atoms with Crippen LogP contribution >= 0.6 is 0 Å². The first kappa shape index (κ1) is 32.1. The molecular formula is C28H55NO4. The molecule has 0 radical (unpaired) electrons. The van der Waals surface area contributed by atoms with E-state index < -0.39 is 18.2 Å². The molecule has 0 rings (SSSR count). The number of nitrogens with one attached hydrogen (secondary N) is 1. The van der Waals surface area contributed by atoms with Crippen LogP contribution in [0.5, 0.6) is 0 Å². The molecule has 0 aliphatic rings. The van der Waals surface area contributed by atoms with Gasteiger partial charge in [0.25, 0.3) is 0 Å². The summed E-state index contributed by atoms with van der Waals surface area (Å²) >= 11 is 0. The van der Waals surface area contributed by atoms with Crippen LogP contribution in [-0.4, -0.2) is 46.1 Å². The highest BCUT2D eigenvalue weighted by Gasteiger charge is 2.26. The van der Waals surface area contributed by atoms with E-state index in [9.17, 15) is 20.1 Å². The summed E-state index contributed by atoms with van der Waals surface area (Å²) in [5.41, 5.74) is 0. The molecule has 0 saturated heterocycles. The fourth-order valence-electron chi connectivity index (χ4n) is 4.10. The Bertz CT molecular complexity index is 455. The predicted molar refractivity (Wildman–Crippen MR) is 139 cm³/mol. The van der Waals surface area contributed by atoms with Crippen LogP contribution in [0.1, 0.15) is 136 Å². The Morgan fingerprint density at radius 2 is 1.21 bits per heavy atom. The third-order valence-electron chi connectivity index (χ3n) is 6.37. The van der Waals surface area contributed by atoms with E-state index in [2.05, 4.69) is 31.3 Å². The first-order valence-corrected chi connectivity index (χ1v) is 14.0. The number of rotatable bonds is 24. The van der Waals surface area contributed by atoms with Crippen LogP contribution in [0.4, 0.5) is 0 Å². The quantitative estimate of drug-likeness (QED) is 0.100. The molecular weight excluding hydrogens is 414 g/mol. The predicted octanol–water partition coefficient (Wildman–Crippen LogP) is 6.19. The van der Waals surface area contributed by atoms with Crippen molar-refractivity contribution in [3.05, 3.63) is 12.2 Å². The topological polar surface area (TPSA) is 89.8 Å². The van der Waals surface area contributed by atoms with Gasteiger partial charge >= 0.3 is 0 Å². The van der Waals surface area contributed by atoms with Crippen molar-refractivity contribution in [2.45, 2.75) is 154 Å². The smallest absolute Gasteiger partial charge is 0.220 e. The summed E-state index contributed by atoms with van der Waals surface area (Å²) in [5.74, 6) is -0.161. The molecule has 0 heterocycles. The molecule has 0 aromatic carbocycles. The maximum absolute atomic E-state index is 12.2. The number of amides is 1. The summed E-state index contributed by atoms with van der Waals surface area (Å²) in [6.07, 6.45) is 23.0. The molecule has 33 heavy (non-hydrogen) atoms. The van der Waals surface area contributed by atoms with E-state index >= 15 is 0 Å². The Labute approximate surface area is 204 Å². The van der Waals surface area contributed by atoms with Crippen molar-refractivity contribution in [2.75, 3.05) is 6.61 Å². The zero-order chi connectivity index (χ0) is 24.6. The molecule has 196 valence electrons. The molecule has 0 aliphatic heterocycles. The zero-order valence-electron chi connectivity index (χ0n) is 21.8. The van der Waals surface area contributed by atoms with Crippen molar-refractivity contribution in [3.8, 4) is 0 Å². The van der Waals surface area contributed by atoms with Crippen molar-refractivity contribution < 1.29 is 20.1 Å². The van der Waals surface area contributed by atoms with Gasteiger partial charge in [-0.2, -0.15) is 0 Å². The van der Waals surface area contributed by atoms with Crippen LogP contribution < -0.4 is 5.32 Å². The standard InChI is InChI=1S/C28H55NO4/c1-3-5-7-9-11-13-14-15-17-19-21-23-27(32)29-25(24-30)28(33)26(31)22-20-18-16-12-10-8-6-4-2/h12,16,25-26,28,30-31,33H,3-11,13-15,17-24H2,1-2H3,(H,29,32)/b16-12+. The van der Waals surface area contributed by atoms with Gasteiger partial charge in [0.15, 0.2) is 0 Å². The summed E-state index contributed by atoms with van der Waals surface area (Å²) in [7, 11) is 0. The summed E-state index contributed by atoms with van der Waals surface area (Å²) in [4.78, 5) is 12.2. The summed E-state index contributed by atoms with van der Waals surface area (Å²) in [6.45, 7) is 4.06. The molecule has 5 heteroatoms. The van der Waals surface area contributed by atoms with Gasteiger partial charge in [0.2, 0.25) is 5.91 Å².